The molecule has 0 aliphatic carbocycles. The van der Waals surface area contributed by atoms with Crippen molar-refractivity contribution in [2.24, 2.45) is 5.41 Å². The lowest BCUT2D eigenvalue weighted by Crippen LogP contribution is -2.34. The van der Waals surface area contributed by atoms with Gasteiger partial charge in [-0.05, 0) is 20.8 Å². The van der Waals surface area contributed by atoms with Crippen LogP contribution in [0.4, 0.5) is 0 Å². The Morgan fingerprint density at radius 1 is 1.52 bits per heavy atom. The number of nitrogens with zero attached hydrogens (tertiary/aromatic N) is 2. The van der Waals surface area contributed by atoms with Gasteiger partial charge in [-0.2, -0.15) is 0 Å². The van der Waals surface area contributed by atoms with Crippen LogP contribution in [0, 0.1) is 5.41 Å². The number of aromatic nitrogens is 2. The molecule has 1 saturated heterocycles. The van der Waals surface area contributed by atoms with Crippen LogP contribution in [0.25, 0.3) is 0 Å². The molecule has 0 bridgehead atoms. The van der Waals surface area contributed by atoms with Gasteiger partial charge in [-0.3, -0.25) is 4.79 Å². The Hall–Kier alpha value is -1.74. The van der Waals surface area contributed by atoms with Gasteiger partial charge < -0.3 is 29.0 Å². The van der Waals surface area contributed by atoms with Crippen LogP contribution in [0.2, 0.25) is 0 Å². The van der Waals surface area contributed by atoms with E-state index < -0.39 is 29.8 Å². The quantitative estimate of drug-likeness (QED) is 0.551. The summed E-state index contributed by atoms with van der Waals surface area (Å²) in [6, 6.07) is 0. The first-order valence-electron chi connectivity index (χ1n) is 8.13. The summed E-state index contributed by atoms with van der Waals surface area (Å²) < 4.78 is 18.1. The minimum absolute atomic E-state index is 0.0278. The fourth-order valence-electron chi connectivity index (χ4n) is 2.44. The van der Waals surface area contributed by atoms with Crippen molar-refractivity contribution in [3.8, 4) is 0 Å². The third-order valence-corrected chi connectivity index (χ3v) is 3.83. The molecule has 0 saturated carbocycles. The third-order valence-electron chi connectivity index (χ3n) is 3.83. The Bertz CT molecular complexity index is 594. The van der Waals surface area contributed by atoms with Crippen molar-refractivity contribution in [1.82, 2.24) is 9.55 Å². The van der Waals surface area contributed by atoms with Crippen molar-refractivity contribution in [3.63, 3.8) is 0 Å². The lowest BCUT2D eigenvalue weighted by molar-refractivity contribution is -0.156. The summed E-state index contributed by atoms with van der Waals surface area (Å²) in [5.74, 6) is -0.317. The smallest absolute Gasteiger partial charge is 0.312 e. The molecule has 1 fully saturated rings. The summed E-state index contributed by atoms with van der Waals surface area (Å²) in [6.45, 7) is 8.86. The molecular formula is C17H26N2O6. The zero-order valence-electron chi connectivity index (χ0n) is 14.8. The molecule has 0 unspecified atom stereocenters. The minimum atomic E-state index is -0.973. The van der Waals surface area contributed by atoms with Crippen molar-refractivity contribution in [2.45, 2.75) is 51.9 Å². The van der Waals surface area contributed by atoms with E-state index in [0.717, 1.165) is 0 Å². The monoisotopic (exact) mass is 354 g/mol. The second-order valence-corrected chi connectivity index (χ2v) is 6.98. The average molecular weight is 354 g/mol. The first-order chi connectivity index (χ1) is 11.8. The van der Waals surface area contributed by atoms with Crippen molar-refractivity contribution in [3.05, 3.63) is 30.9 Å². The summed E-state index contributed by atoms with van der Waals surface area (Å²) >= 11 is 0. The van der Waals surface area contributed by atoms with E-state index in [-0.39, 0.29) is 25.9 Å². The van der Waals surface area contributed by atoms with Crippen LogP contribution in [0.3, 0.4) is 0 Å². The zero-order valence-corrected chi connectivity index (χ0v) is 14.8. The number of rotatable bonds is 7. The van der Waals surface area contributed by atoms with Crippen molar-refractivity contribution in [1.29, 1.82) is 0 Å². The van der Waals surface area contributed by atoms with Crippen LogP contribution in [-0.4, -0.2) is 57.3 Å². The van der Waals surface area contributed by atoms with Crippen LogP contribution in [0.15, 0.2) is 25.2 Å². The van der Waals surface area contributed by atoms with E-state index in [0.29, 0.717) is 5.69 Å². The third kappa shape index (κ3) is 4.66. The Labute approximate surface area is 147 Å². The SMILES string of the molecule is C=CCO[C@@H]1[C@H](O)[C@@H](CO)O[C@H]1c1cn(COC(=O)C(C)(C)C)cn1. The molecule has 8 heteroatoms. The van der Waals surface area contributed by atoms with Gasteiger partial charge in [-0.15, -0.1) is 6.58 Å². The predicted molar refractivity (Wildman–Crippen MR) is 88.4 cm³/mol. The van der Waals surface area contributed by atoms with E-state index in [1.807, 2.05) is 0 Å². The molecular weight excluding hydrogens is 328 g/mol. The first kappa shape index (κ1) is 19.6. The van der Waals surface area contributed by atoms with Gasteiger partial charge in [0.25, 0.3) is 0 Å². The Morgan fingerprint density at radius 2 is 2.24 bits per heavy atom. The fraction of sp³-hybridized carbons (Fsp3) is 0.647. The average Bonchev–Trinajstić information content (AvgIpc) is 3.14. The van der Waals surface area contributed by atoms with Gasteiger partial charge in [0, 0.05) is 6.20 Å². The Morgan fingerprint density at radius 3 is 2.84 bits per heavy atom. The van der Waals surface area contributed by atoms with E-state index in [2.05, 4.69) is 11.6 Å². The molecule has 2 N–H and O–H groups in total. The Balaban J connectivity index is 2.06. The molecule has 0 radical (unpaired) electrons. The highest BCUT2D eigenvalue weighted by atomic mass is 16.6. The number of hydrogen-bond acceptors (Lipinski definition) is 7. The van der Waals surface area contributed by atoms with Gasteiger partial charge in [0.15, 0.2) is 6.73 Å². The predicted octanol–water partition coefficient (Wildman–Crippen LogP) is 0.794. The number of carbonyl (C=O) groups is 1. The number of ether oxygens (including phenoxy) is 3. The lowest BCUT2D eigenvalue weighted by atomic mass is 9.98. The maximum atomic E-state index is 11.8. The second kappa shape index (κ2) is 8.09. The molecule has 1 aromatic rings. The molecule has 0 amide bonds. The van der Waals surface area contributed by atoms with E-state index in [1.54, 1.807) is 37.6 Å². The molecule has 8 nitrogen and oxygen atoms in total. The summed E-state index contributed by atoms with van der Waals surface area (Å²) in [4.78, 5) is 16.1. The van der Waals surface area contributed by atoms with E-state index in [4.69, 9.17) is 14.2 Å². The molecule has 1 aromatic heterocycles. The van der Waals surface area contributed by atoms with Crippen LogP contribution in [0.1, 0.15) is 32.6 Å². The first-order valence-corrected chi connectivity index (χ1v) is 8.13. The van der Waals surface area contributed by atoms with Crippen molar-refractivity contribution in [2.75, 3.05) is 13.2 Å². The standard InChI is InChI=1S/C17H26N2O6/c1-5-6-23-15-13(21)12(8-20)25-14(15)11-7-19(9-18-11)10-24-16(22)17(2,3)4/h5,7,9,12-15,20-21H,1,6,8,10H2,2-4H3/t12-,13-,14+,15-/m1/s1. The molecule has 140 valence electrons. The highest BCUT2D eigenvalue weighted by Crippen LogP contribution is 2.34. The maximum absolute atomic E-state index is 11.8. The van der Waals surface area contributed by atoms with Crippen LogP contribution >= 0.6 is 0 Å². The molecule has 0 spiro atoms. The summed E-state index contributed by atoms with van der Waals surface area (Å²) in [7, 11) is 0. The number of imidazole rings is 1. The number of aliphatic hydroxyl groups is 2. The lowest BCUT2D eigenvalue weighted by Gasteiger charge is -2.19. The van der Waals surface area contributed by atoms with Crippen molar-refractivity contribution >= 4 is 5.97 Å². The summed E-state index contributed by atoms with van der Waals surface area (Å²) in [5.41, 5.74) is -0.0593. The van der Waals surface area contributed by atoms with Gasteiger partial charge in [0.05, 0.1) is 30.7 Å². The number of carbonyl (C=O) groups excluding carboxylic acids is 1. The Kier molecular flexibility index (Phi) is 6.34. The van der Waals surface area contributed by atoms with Gasteiger partial charge >= 0.3 is 5.97 Å². The van der Waals surface area contributed by atoms with E-state index in [9.17, 15) is 15.0 Å². The molecule has 2 rings (SSSR count). The zero-order chi connectivity index (χ0) is 18.6. The summed E-state index contributed by atoms with van der Waals surface area (Å²) in [5, 5.41) is 19.6. The molecule has 0 aromatic carbocycles. The highest BCUT2D eigenvalue weighted by Gasteiger charge is 2.45. The normalized spacial score (nSPS) is 26.6. The van der Waals surface area contributed by atoms with Crippen molar-refractivity contribution < 1.29 is 29.2 Å². The molecule has 1 aliphatic heterocycles. The summed E-state index contributed by atoms with van der Waals surface area (Å²) in [6.07, 6.45) is 1.72. The van der Waals surface area contributed by atoms with E-state index in [1.165, 1.54) is 6.33 Å². The number of aliphatic hydroxyl groups excluding tert-OH is 2. The van der Waals surface area contributed by atoms with Crippen LogP contribution in [0.5, 0.6) is 0 Å². The topological polar surface area (TPSA) is 103 Å². The second-order valence-electron chi connectivity index (χ2n) is 6.98. The van der Waals surface area contributed by atoms with Gasteiger partial charge in [0.2, 0.25) is 0 Å². The number of esters is 1. The van der Waals surface area contributed by atoms with Gasteiger partial charge in [-0.1, -0.05) is 6.08 Å². The number of hydrogen-bond donors (Lipinski definition) is 2. The molecule has 2 heterocycles. The minimum Gasteiger partial charge on any atom is -0.443 e. The molecule has 25 heavy (non-hydrogen) atoms. The van der Waals surface area contributed by atoms with Gasteiger partial charge in [0.1, 0.15) is 24.4 Å². The molecule has 4 atom stereocenters. The largest absolute Gasteiger partial charge is 0.443 e. The fourth-order valence-corrected chi connectivity index (χ4v) is 2.44. The van der Waals surface area contributed by atoms with Crippen LogP contribution < -0.4 is 0 Å². The van der Waals surface area contributed by atoms with E-state index >= 15 is 0 Å². The maximum Gasteiger partial charge on any atom is 0.312 e. The van der Waals surface area contributed by atoms with Crippen LogP contribution in [-0.2, 0) is 25.7 Å². The highest BCUT2D eigenvalue weighted by molar-refractivity contribution is 5.75. The van der Waals surface area contributed by atoms with Gasteiger partial charge in [-0.25, -0.2) is 4.98 Å². The molecule has 1 aliphatic rings.